The number of halogens is 6. The number of alkyl halides is 6. The summed E-state index contributed by atoms with van der Waals surface area (Å²) in [6, 6.07) is 0.868. The third-order valence-corrected chi connectivity index (χ3v) is 8.78. The van der Waals surface area contributed by atoms with E-state index in [1.54, 1.807) is 6.08 Å². The van der Waals surface area contributed by atoms with E-state index in [1.165, 1.54) is 13.2 Å². The van der Waals surface area contributed by atoms with Crippen molar-refractivity contribution in [2.75, 3.05) is 25.1 Å². The van der Waals surface area contributed by atoms with Gasteiger partial charge in [-0.05, 0) is 68.6 Å². The number of hydrogen-bond acceptors (Lipinski definition) is 5. The van der Waals surface area contributed by atoms with E-state index in [2.05, 4.69) is 0 Å². The van der Waals surface area contributed by atoms with E-state index >= 15 is 0 Å². The fraction of sp³-hybridized carbons (Fsp3) is 0.538. The molecule has 0 aromatic heterocycles. The predicted molar refractivity (Wildman–Crippen MR) is 129 cm³/mol. The highest BCUT2D eigenvalue weighted by Crippen LogP contribution is 2.41. The lowest BCUT2D eigenvalue weighted by atomic mass is 9.83. The van der Waals surface area contributed by atoms with Gasteiger partial charge in [-0.15, -0.1) is 0 Å². The molecule has 3 aliphatic rings. The van der Waals surface area contributed by atoms with Crippen LogP contribution in [0.2, 0.25) is 0 Å². The number of benzene rings is 1. The molecule has 1 aromatic carbocycles. The minimum Gasteiger partial charge on any atom is -0.468 e. The molecule has 1 aromatic rings. The second-order valence-corrected chi connectivity index (χ2v) is 12.1. The maximum atomic E-state index is 13.4. The number of hydrogen-bond donors (Lipinski definition) is 0. The van der Waals surface area contributed by atoms with Gasteiger partial charge in [0.1, 0.15) is 0 Å². The van der Waals surface area contributed by atoms with Crippen molar-refractivity contribution >= 4 is 9.84 Å². The van der Waals surface area contributed by atoms with Gasteiger partial charge in [-0.1, -0.05) is 12.2 Å². The van der Waals surface area contributed by atoms with E-state index in [0.29, 0.717) is 36.2 Å². The third kappa shape index (κ3) is 6.45. The summed E-state index contributed by atoms with van der Waals surface area (Å²) in [5, 5.41) is 0. The summed E-state index contributed by atoms with van der Waals surface area (Å²) in [5.41, 5.74) is -1.85. The molecule has 0 saturated carbocycles. The van der Waals surface area contributed by atoms with Crippen molar-refractivity contribution in [1.82, 2.24) is 4.90 Å². The predicted octanol–water partition coefficient (Wildman–Crippen LogP) is 6.05. The van der Waals surface area contributed by atoms with Gasteiger partial charge in [0.2, 0.25) is 6.29 Å². The molecule has 0 radical (unpaired) electrons. The van der Waals surface area contributed by atoms with E-state index in [4.69, 9.17) is 9.47 Å². The quantitative estimate of drug-likeness (QED) is 0.321. The Hall–Kier alpha value is -2.31. The van der Waals surface area contributed by atoms with Crippen LogP contribution in [0.4, 0.5) is 26.3 Å². The van der Waals surface area contributed by atoms with Gasteiger partial charge in [0, 0.05) is 24.1 Å². The molecule has 210 valence electrons. The van der Waals surface area contributed by atoms with Gasteiger partial charge in [-0.2, -0.15) is 26.3 Å². The molecule has 4 atom stereocenters. The lowest BCUT2D eigenvalue weighted by molar-refractivity contribution is -0.143. The number of allylic oxidation sites excluding steroid dienone is 2. The van der Waals surface area contributed by atoms with Crippen molar-refractivity contribution in [2.24, 2.45) is 5.92 Å². The summed E-state index contributed by atoms with van der Waals surface area (Å²) in [5.74, 6) is -0.278. The molecule has 0 bridgehead atoms. The molecule has 5 nitrogen and oxygen atoms in total. The van der Waals surface area contributed by atoms with E-state index in [-0.39, 0.29) is 29.1 Å². The standard InChI is InChI=1S/C26H29F6NO4S/c1-16(18-12-19(25(27,28)29)14-20(13-18)26(30,31)32)37-24-23(17-6-4-3-5-7-17)21(8-10-36-24)22-15-38(34,35)11-9-33(22)2/h4,6,8,10,12-14,16-17,22,24H,3,5,7,9,11,15H2,1-2H3/t16-,17?,22?,24-/m1/s1. The van der Waals surface area contributed by atoms with Crippen LogP contribution >= 0.6 is 0 Å². The van der Waals surface area contributed by atoms with Crippen LogP contribution in [0.3, 0.4) is 0 Å². The van der Waals surface area contributed by atoms with Crippen LogP contribution in [0.15, 0.2) is 53.8 Å². The first-order chi connectivity index (χ1) is 17.7. The molecule has 12 heteroatoms. The second kappa shape index (κ2) is 10.7. The molecule has 1 aliphatic carbocycles. The Morgan fingerprint density at radius 1 is 1.08 bits per heavy atom. The number of likely N-dealkylation sites (N-methyl/N-ethyl adjacent to an activating group) is 1. The maximum absolute atomic E-state index is 13.4. The van der Waals surface area contributed by atoms with E-state index in [9.17, 15) is 34.8 Å². The Labute approximate surface area is 217 Å². The first-order valence-corrected chi connectivity index (χ1v) is 14.1. The Bertz CT molecular complexity index is 1200. The summed E-state index contributed by atoms with van der Waals surface area (Å²) in [6.07, 6.45) is -2.90. The molecule has 4 rings (SSSR count). The van der Waals surface area contributed by atoms with Crippen LogP contribution in [-0.2, 0) is 31.7 Å². The minimum atomic E-state index is -4.98. The normalized spacial score (nSPS) is 27.3. The zero-order valence-corrected chi connectivity index (χ0v) is 21.7. The molecular formula is C26H29F6NO4S. The molecule has 38 heavy (non-hydrogen) atoms. The average molecular weight is 566 g/mol. The molecule has 2 unspecified atom stereocenters. The summed E-state index contributed by atoms with van der Waals surface area (Å²) in [4.78, 5) is 1.92. The SMILES string of the molecule is C[C@@H](O[C@H]1OC=CC(C2CS(=O)(=O)CCN2C)=C1C1C=CCCC1)c1cc(C(F)(F)F)cc(C(F)(F)F)c1. The van der Waals surface area contributed by atoms with E-state index < -0.39 is 51.8 Å². The molecule has 0 N–H and O–H groups in total. The van der Waals surface area contributed by atoms with Gasteiger partial charge in [0.15, 0.2) is 9.84 Å². The molecule has 2 aliphatic heterocycles. The van der Waals surface area contributed by atoms with Gasteiger partial charge in [-0.3, -0.25) is 4.90 Å². The number of sulfone groups is 1. The molecule has 0 spiro atoms. The van der Waals surface area contributed by atoms with Crippen molar-refractivity contribution in [1.29, 1.82) is 0 Å². The number of ether oxygens (including phenoxy) is 2. The largest absolute Gasteiger partial charge is 0.468 e. The van der Waals surface area contributed by atoms with Crippen LogP contribution < -0.4 is 0 Å². The third-order valence-electron chi connectivity index (χ3n) is 7.16. The van der Waals surface area contributed by atoms with Crippen molar-refractivity contribution in [2.45, 2.75) is 57.0 Å². The smallest absolute Gasteiger partial charge is 0.416 e. The van der Waals surface area contributed by atoms with Gasteiger partial charge in [0.25, 0.3) is 0 Å². The minimum absolute atomic E-state index is 0.0280. The fourth-order valence-corrected chi connectivity index (χ4v) is 6.70. The van der Waals surface area contributed by atoms with Gasteiger partial charge >= 0.3 is 12.4 Å². The molecule has 1 saturated heterocycles. The van der Waals surface area contributed by atoms with Crippen LogP contribution in [0.1, 0.15) is 49.0 Å². The zero-order valence-electron chi connectivity index (χ0n) is 20.8. The summed E-state index contributed by atoms with van der Waals surface area (Å²) in [7, 11) is -1.50. The first-order valence-electron chi connectivity index (χ1n) is 12.2. The van der Waals surface area contributed by atoms with Crippen LogP contribution in [0, 0.1) is 5.92 Å². The topological polar surface area (TPSA) is 55.8 Å². The average Bonchev–Trinajstić information content (AvgIpc) is 2.84. The Morgan fingerprint density at radius 3 is 2.32 bits per heavy atom. The molecule has 1 fully saturated rings. The first kappa shape index (κ1) is 28.7. The summed E-state index contributed by atoms with van der Waals surface area (Å²) >= 11 is 0. The van der Waals surface area contributed by atoms with Gasteiger partial charge in [0.05, 0.1) is 35.0 Å². The highest BCUT2D eigenvalue weighted by atomic mass is 32.2. The molecule has 2 heterocycles. The zero-order chi connectivity index (χ0) is 27.9. The number of nitrogens with zero attached hydrogens (tertiary/aromatic N) is 1. The van der Waals surface area contributed by atoms with Crippen LogP contribution in [0.25, 0.3) is 0 Å². The van der Waals surface area contributed by atoms with Crippen molar-refractivity contribution in [3.63, 3.8) is 0 Å². The van der Waals surface area contributed by atoms with Crippen molar-refractivity contribution in [3.8, 4) is 0 Å². The highest BCUT2D eigenvalue weighted by molar-refractivity contribution is 7.91. The van der Waals surface area contributed by atoms with Gasteiger partial charge < -0.3 is 9.47 Å². The van der Waals surface area contributed by atoms with E-state index in [1.807, 2.05) is 24.1 Å². The molecular weight excluding hydrogens is 536 g/mol. The highest BCUT2D eigenvalue weighted by Gasteiger charge is 2.40. The van der Waals surface area contributed by atoms with Crippen LogP contribution in [-0.4, -0.2) is 50.7 Å². The summed E-state index contributed by atoms with van der Waals surface area (Å²) < 4.78 is 117. The lowest BCUT2D eigenvalue weighted by Gasteiger charge is -2.39. The Balaban J connectivity index is 1.73. The van der Waals surface area contributed by atoms with E-state index in [0.717, 1.165) is 12.8 Å². The maximum Gasteiger partial charge on any atom is 0.416 e. The fourth-order valence-electron chi connectivity index (χ4n) is 5.05. The van der Waals surface area contributed by atoms with Crippen molar-refractivity contribution in [3.05, 3.63) is 70.5 Å². The van der Waals surface area contributed by atoms with Gasteiger partial charge in [-0.25, -0.2) is 8.42 Å². The second-order valence-electron chi connectivity index (χ2n) is 9.88. The molecule has 0 amide bonds. The lowest BCUT2D eigenvalue weighted by Crippen LogP contribution is -2.48. The Morgan fingerprint density at radius 2 is 1.74 bits per heavy atom. The summed E-state index contributed by atoms with van der Waals surface area (Å²) in [6.45, 7) is 1.69. The number of rotatable bonds is 5. The van der Waals surface area contributed by atoms with Crippen LogP contribution in [0.5, 0.6) is 0 Å². The Kier molecular flexibility index (Phi) is 8.07. The van der Waals surface area contributed by atoms with Crippen molar-refractivity contribution < 1.29 is 44.2 Å². The monoisotopic (exact) mass is 565 g/mol.